The van der Waals surface area contributed by atoms with Gasteiger partial charge in [-0.05, 0) is 6.07 Å². The second-order valence-corrected chi connectivity index (χ2v) is 4.82. The third-order valence-corrected chi connectivity index (χ3v) is 3.51. The molecule has 1 saturated heterocycles. The molecule has 0 unspecified atom stereocenters. The van der Waals surface area contributed by atoms with E-state index < -0.39 is 0 Å². The van der Waals surface area contributed by atoms with E-state index in [1.165, 1.54) is 0 Å². The number of benzene rings is 1. The van der Waals surface area contributed by atoms with Crippen molar-refractivity contribution in [3.8, 4) is 5.75 Å². The summed E-state index contributed by atoms with van der Waals surface area (Å²) in [4.78, 5) is 12.2. The molecule has 5 nitrogen and oxygen atoms in total. The predicted octanol–water partition coefficient (Wildman–Crippen LogP) is 0.615. The third kappa shape index (κ3) is 2.72. The lowest BCUT2D eigenvalue weighted by atomic mass is 10.00. The Balaban J connectivity index is 1.68. The molecule has 2 aliphatic rings. The lowest BCUT2D eigenvalue weighted by molar-refractivity contribution is -0.126. The van der Waals surface area contributed by atoms with Crippen molar-refractivity contribution in [3.05, 3.63) is 29.8 Å². The SMILES string of the molecule is O=C(N[C@@H]1CCOc2ccccc21)[C@@H]1COCCN1. The number of ether oxygens (including phenoxy) is 2. The summed E-state index contributed by atoms with van der Waals surface area (Å²) in [5, 5.41) is 6.25. The second kappa shape index (κ2) is 5.59. The molecule has 3 rings (SSSR count). The summed E-state index contributed by atoms with van der Waals surface area (Å²) in [7, 11) is 0. The number of amides is 1. The number of carbonyl (C=O) groups excluding carboxylic acids is 1. The van der Waals surface area contributed by atoms with Crippen LogP contribution in [0.2, 0.25) is 0 Å². The number of hydrogen-bond donors (Lipinski definition) is 2. The molecule has 102 valence electrons. The standard InChI is InChI=1S/C14H18N2O3/c17-14(12-9-18-8-6-15-12)16-11-5-7-19-13-4-2-1-3-10(11)13/h1-4,11-12,15H,5-9H2,(H,16,17)/t11-,12+/m1/s1. The van der Waals surface area contributed by atoms with Gasteiger partial charge in [0.25, 0.3) is 0 Å². The normalized spacial score (nSPS) is 26.1. The van der Waals surface area contributed by atoms with Gasteiger partial charge in [-0.2, -0.15) is 0 Å². The van der Waals surface area contributed by atoms with Crippen LogP contribution in [0.25, 0.3) is 0 Å². The smallest absolute Gasteiger partial charge is 0.240 e. The highest BCUT2D eigenvalue weighted by Crippen LogP contribution is 2.31. The summed E-state index contributed by atoms with van der Waals surface area (Å²) in [6.07, 6.45) is 0.802. The van der Waals surface area contributed by atoms with E-state index in [4.69, 9.17) is 9.47 Å². The maximum Gasteiger partial charge on any atom is 0.240 e. The molecule has 1 amide bonds. The van der Waals surface area contributed by atoms with E-state index in [1.54, 1.807) is 0 Å². The van der Waals surface area contributed by atoms with Gasteiger partial charge in [0.1, 0.15) is 11.8 Å². The van der Waals surface area contributed by atoms with Crippen molar-refractivity contribution in [3.63, 3.8) is 0 Å². The van der Waals surface area contributed by atoms with E-state index in [1.807, 2.05) is 24.3 Å². The lowest BCUT2D eigenvalue weighted by Crippen LogP contribution is -2.52. The fraction of sp³-hybridized carbons (Fsp3) is 0.500. The van der Waals surface area contributed by atoms with Gasteiger partial charge in [-0.15, -0.1) is 0 Å². The van der Waals surface area contributed by atoms with Crippen LogP contribution in [-0.2, 0) is 9.53 Å². The number of morpholine rings is 1. The zero-order valence-corrected chi connectivity index (χ0v) is 10.7. The Morgan fingerprint density at radius 1 is 1.32 bits per heavy atom. The minimum Gasteiger partial charge on any atom is -0.493 e. The quantitative estimate of drug-likeness (QED) is 0.820. The van der Waals surface area contributed by atoms with E-state index in [0.717, 1.165) is 24.3 Å². The Hall–Kier alpha value is -1.59. The number of fused-ring (bicyclic) bond motifs is 1. The first-order chi connectivity index (χ1) is 9.34. The number of hydrogen-bond acceptors (Lipinski definition) is 4. The molecule has 2 N–H and O–H groups in total. The topological polar surface area (TPSA) is 59.6 Å². The van der Waals surface area contributed by atoms with Gasteiger partial charge in [0.15, 0.2) is 0 Å². The van der Waals surface area contributed by atoms with Gasteiger partial charge in [0.2, 0.25) is 5.91 Å². The molecule has 19 heavy (non-hydrogen) atoms. The Morgan fingerprint density at radius 3 is 3.05 bits per heavy atom. The predicted molar refractivity (Wildman–Crippen MR) is 70.0 cm³/mol. The molecule has 5 heteroatoms. The van der Waals surface area contributed by atoms with E-state index >= 15 is 0 Å². The first-order valence-corrected chi connectivity index (χ1v) is 6.68. The zero-order valence-electron chi connectivity index (χ0n) is 10.7. The van der Waals surface area contributed by atoms with E-state index in [9.17, 15) is 4.79 Å². The minimum absolute atomic E-state index is 0.00130. The Kier molecular flexibility index (Phi) is 3.66. The van der Waals surface area contributed by atoms with E-state index in [0.29, 0.717) is 19.8 Å². The highest BCUT2D eigenvalue weighted by Gasteiger charge is 2.27. The van der Waals surface area contributed by atoms with Crippen LogP contribution in [0.15, 0.2) is 24.3 Å². The van der Waals surface area contributed by atoms with Crippen molar-refractivity contribution in [2.45, 2.75) is 18.5 Å². The van der Waals surface area contributed by atoms with Gasteiger partial charge in [-0.25, -0.2) is 0 Å². The summed E-state index contributed by atoms with van der Waals surface area (Å²) in [6, 6.07) is 7.64. The van der Waals surface area contributed by atoms with Gasteiger partial charge < -0.3 is 20.1 Å². The van der Waals surface area contributed by atoms with Crippen molar-refractivity contribution in [1.29, 1.82) is 0 Å². The van der Waals surface area contributed by atoms with Crippen LogP contribution in [0.3, 0.4) is 0 Å². The lowest BCUT2D eigenvalue weighted by Gasteiger charge is -2.29. The maximum absolute atomic E-state index is 12.2. The third-order valence-electron chi connectivity index (χ3n) is 3.51. The molecular formula is C14H18N2O3. The molecule has 0 bridgehead atoms. The number of carbonyl (C=O) groups is 1. The van der Waals surface area contributed by atoms with Crippen LogP contribution in [-0.4, -0.2) is 38.3 Å². The van der Waals surface area contributed by atoms with Crippen molar-refractivity contribution < 1.29 is 14.3 Å². The molecule has 2 heterocycles. The highest BCUT2D eigenvalue weighted by atomic mass is 16.5. The fourth-order valence-corrected chi connectivity index (χ4v) is 2.50. The summed E-state index contributed by atoms with van der Waals surface area (Å²) in [5.74, 6) is 0.869. The highest BCUT2D eigenvalue weighted by molar-refractivity contribution is 5.82. The van der Waals surface area contributed by atoms with Gasteiger partial charge in [-0.3, -0.25) is 4.79 Å². The first kappa shape index (κ1) is 12.4. The molecule has 2 aliphatic heterocycles. The largest absolute Gasteiger partial charge is 0.493 e. The van der Waals surface area contributed by atoms with Gasteiger partial charge >= 0.3 is 0 Å². The van der Waals surface area contributed by atoms with Gasteiger partial charge in [0, 0.05) is 18.5 Å². The van der Waals surface area contributed by atoms with Crippen molar-refractivity contribution in [1.82, 2.24) is 10.6 Å². The Labute approximate surface area is 112 Å². The van der Waals surface area contributed by atoms with Crippen LogP contribution < -0.4 is 15.4 Å². The molecule has 0 saturated carbocycles. The van der Waals surface area contributed by atoms with E-state index in [2.05, 4.69) is 10.6 Å². The molecule has 1 fully saturated rings. The fourth-order valence-electron chi connectivity index (χ4n) is 2.50. The summed E-state index contributed by atoms with van der Waals surface area (Å²) in [6.45, 7) is 2.47. The van der Waals surface area contributed by atoms with E-state index in [-0.39, 0.29) is 18.0 Å². The maximum atomic E-state index is 12.2. The second-order valence-electron chi connectivity index (χ2n) is 4.82. The van der Waals surface area contributed by atoms with Crippen LogP contribution in [0.5, 0.6) is 5.75 Å². The number of para-hydroxylation sites is 1. The summed E-state index contributed by atoms with van der Waals surface area (Å²) < 4.78 is 10.9. The number of nitrogens with one attached hydrogen (secondary N) is 2. The van der Waals surface area contributed by atoms with Crippen LogP contribution in [0, 0.1) is 0 Å². The van der Waals surface area contributed by atoms with Crippen LogP contribution in [0.4, 0.5) is 0 Å². The van der Waals surface area contributed by atoms with Crippen LogP contribution >= 0.6 is 0 Å². The number of rotatable bonds is 2. The van der Waals surface area contributed by atoms with Crippen molar-refractivity contribution in [2.75, 3.05) is 26.4 Å². The molecule has 1 aromatic carbocycles. The Bertz CT molecular complexity index is 458. The van der Waals surface area contributed by atoms with Crippen molar-refractivity contribution in [2.24, 2.45) is 0 Å². The Morgan fingerprint density at radius 2 is 2.21 bits per heavy atom. The summed E-state index contributed by atoms with van der Waals surface area (Å²) >= 11 is 0. The molecule has 0 radical (unpaired) electrons. The molecule has 1 aromatic rings. The minimum atomic E-state index is -0.247. The van der Waals surface area contributed by atoms with Crippen LogP contribution in [0.1, 0.15) is 18.0 Å². The zero-order chi connectivity index (χ0) is 13.1. The monoisotopic (exact) mass is 262 g/mol. The van der Waals surface area contributed by atoms with Gasteiger partial charge in [-0.1, -0.05) is 18.2 Å². The first-order valence-electron chi connectivity index (χ1n) is 6.68. The summed E-state index contributed by atoms with van der Waals surface area (Å²) in [5.41, 5.74) is 1.05. The molecule has 2 atom stereocenters. The molecular weight excluding hydrogens is 244 g/mol. The average molecular weight is 262 g/mol. The molecule has 0 spiro atoms. The van der Waals surface area contributed by atoms with Crippen molar-refractivity contribution >= 4 is 5.91 Å². The average Bonchev–Trinajstić information content (AvgIpc) is 2.48. The molecule has 0 aromatic heterocycles. The molecule has 0 aliphatic carbocycles. The van der Waals surface area contributed by atoms with Gasteiger partial charge in [0.05, 0.1) is 25.9 Å².